The minimum atomic E-state index is -6.12. The van der Waals surface area contributed by atoms with Gasteiger partial charge < -0.3 is 34.7 Å². The number of benzene rings is 3. The molecule has 5 heterocycles. The lowest BCUT2D eigenvalue weighted by molar-refractivity contribution is -0.111. The Balaban J connectivity index is 1.08. The third-order valence-electron chi connectivity index (χ3n) is 13.5. The van der Waals surface area contributed by atoms with Crippen molar-refractivity contribution >= 4 is 65.3 Å². The third kappa shape index (κ3) is 9.94. The zero-order chi connectivity index (χ0) is 48.9. The van der Waals surface area contributed by atoms with Gasteiger partial charge in [0.05, 0.1) is 65.5 Å². The van der Waals surface area contributed by atoms with Crippen LogP contribution in [0.1, 0.15) is 56.0 Å². The highest BCUT2D eigenvalue weighted by molar-refractivity contribution is 7.92. The van der Waals surface area contributed by atoms with E-state index < -0.39 is 58.4 Å². The number of nitrogens with one attached hydrogen (secondary N) is 4. The Kier molecular flexibility index (Phi) is 13.3. The quantitative estimate of drug-likeness (QED) is 0.0899. The first kappa shape index (κ1) is 48.8. The lowest BCUT2D eigenvalue weighted by Crippen LogP contribution is -2.61. The zero-order valence-corrected chi connectivity index (χ0v) is 40.5. The van der Waals surface area contributed by atoms with Crippen molar-refractivity contribution < 1.29 is 49.0 Å². The molecule has 0 spiro atoms. The van der Waals surface area contributed by atoms with Gasteiger partial charge in [-0.25, -0.2) is 26.5 Å². The number of hydrogen-bond donors (Lipinski definition) is 4. The maximum absolute atomic E-state index is 14.6. The first-order chi connectivity index (χ1) is 32.7. The van der Waals surface area contributed by atoms with Crippen molar-refractivity contribution in [1.29, 1.82) is 0 Å². The molecular weight excluding hydrogens is 959 g/mol. The van der Waals surface area contributed by atoms with Crippen molar-refractivity contribution in [2.75, 3.05) is 69.3 Å². The fraction of sp³-hybridized carbons (Fsp3) is 0.417. The number of sulfone groups is 1. The van der Waals surface area contributed by atoms with E-state index in [2.05, 4.69) is 51.2 Å². The van der Waals surface area contributed by atoms with Gasteiger partial charge in [-0.05, 0) is 103 Å². The van der Waals surface area contributed by atoms with E-state index >= 15 is 0 Å². The number of carbonyl (C=O) groups is 1. The highest BCUT2D eigenvalue weighted by Gasteiger charge is 2.49. The van der Waals surface area contributed by atoms with Crippen LogP contribution in [0.2, 0.25) is 5.02 Å². The van der Waals surface area contributed by atoms with Crippen LogP contribution >= 0.6 is 11.6 Å². The average Bonchev–Trinajstić information content (AvgIpc) is 3.76. The highest BCUT2D eigenvalue weighted by Crippen LogP contribution is 2.50. The van der Waals surface area contributed by atoms with Gasteiger partial charge >= 0.3 is 5.51 Å². The van der Waals surface area contributed by atoms with Gasteiger partial charge in [-0.1, -0.05) is 43.6 Å². The Morgan fingerprint density at radius 1 is 1.01 bits per heavy atom. The molecule has 3 aromatic carbocycles. The van der Waals surface area contributed by atoms with Gasteiger partial charge in [-0.3, -0.25) is 9.69 Å². The first-order valence-electron chi connectivity index (χ1n) is 22.6. The van der Waals surface area contributed by atoms with Crippen LogP contribution in [-0.4, -0.2) is 120 Å². The Labute approximate surface area is 403 Å². The zero-order valence-electron chi connectivity index (χ0n) is 38.2. The van der Waals surface area contributed by atoms with Crippen LogP contribution in [0.4, 0.5) is 24.5 Å². The summed E-state index contributed by atoms with van der Waals surface area (Å²) in [6, 6.07) is 18.5. The van der Waals surface area contributed by atoms with Gasteiger partial charge in [0.15, 0.2) is 5.75 Å². The van der Waals surface area contributed by atoms with Gasteiger partial charge in [0.25, 0.3) is 25.8 Å². The van der Waals surface area contributed by atoms with E-state index in [1.165, 1.54) is 23.4 Å². The number of ether oxygens (including phenoxy) is 3. The average molecular weight is 1010 g/mol. The monoisotopic (exact) mass is 1010 g/mol. The van der Waals surface area contributed by atoms with E-state index in [9.17, 15) is 34.8 Å². The molecule has 2 atom stereocenters. The Morgan fingerprint density at radius 2 is 1.80 bits per heavy atom. The fourth-order valence-corrected chi connectivity index (χ4v) is 11.9. The first-order valence-corrected chi connectivity index (χ1v) is 26.0. The molecule has 15 nitrogen and oxygen atoms in total. The van der Waals surface area contributed by atoms with Crippen LogP contribution in [0.25, 0.3) is 16.6 Å². The maximum atomic E-state index is 14.6. The smallest absolute Gasteiger partial charge is 0.453 e. The largest absolute Gasteiger partial charge is 0.501 e. The van der Waals surface area contributed by atoms with Crippen molar-refractivity contribution in [3.63, 3.8) is 0 Å². The summed E-state index contributed by atoms with van der Waals surface area (Å²) in [5.41, 5.74) is -2.79. The van der Waals surface area contributed by atoms with E-state index in [1.807, 2.05) is 29.0 Å². The van der Waals surface area contributed by atoms with Crippen molar-refractivity contribution in [3.05, 3.63) is 107 Å². The van der Waals surface area contributed by atoms with Gasteiger partial charge in [0.1, 0.15) is 16.3 Å². The molecule has 4 N–H and O–H groups in total. The maximum Gasteiger partial charge on any atom is 0.501 e. The molecule has 0 bridgehead atoms. The highest BCUT2D eigenvalue weighted by atomic mass is 35.5. The Morgan fingerprint density at radius 3 is 2.54 bits per heavy atom. The molecule has 9 rings (SSSR count). The van der Waals surface area contributed by atoms with Crippen molar-refractivity contribution in [1.82, 2.24) is 24.9 Å². The van der Waals surface area contributed by atoms with E-state index in [0.29, 0.717) is 80.4 Å². The summed E-state index contributed by atoms with van der Waals surface area (Å²) in [7, 11) is -11.2. The number of morpholine rings is 1. The molecule has 69 heavy (non-hydrogen) atoms. The number of rotatable bonds is 13. The molecule has 0 radical (unpaired) electrons. The predicted octanol–water partition coefficient (Wildman–Crippen LogP) is 7.76. The molecule has 2 aromatic heterocycles. The summed E-state index contributed by atoms with van der Waals surface area (Å²) in [6.45, 7) is 10.5. The summed E-state index contributed by atoms with van der Waals surface area (Å²) in [6.07, 6.45) is 5.10. The normalized spacial score (nSPS) is 21.8. The number of amides is 1. The molecule has 3 saturated heterocycles. The lowest BCUT2D eigenvalue weighted by atomic mass is 9.67. The molecule has 3 aliphatic heterocycles. The molecular formula is C48H53ClF3N7O8S2. The molecule has 0 saturated carbocycles. The number of pyridine rings is 1. The number of anilines is 2. The SMILES string of the molecule is CC1(C)CCC(C2(C)CNCCN2c2cccc(C(=O)NS(=O)(=O)c3ccc(NCC4CN(C5COC5)CCO4)c(S(=O)(=O)C(F)(F)F)c3)c2Oc2cnc3[nH]ccc3c2)=C(c2ccc(Cl)cc2)C1. The Hall–Kier alpha value is -5.22. The Bertz CT molecular complexity index is 3020. The molecule has 4 aliphatic rings. The number of carbonyl (C=O) groups excluding carboxylic acids is 1. The molecule has 5 aromatic rings. The van der Waals surface area contributed by atoms with E-state index in [0.717, 1.165) is 37.0 Å². The van der Waals surface area contributed by atoms with Crippen LogP contribution in [-0.2, 0) is 29.3 Å². The summed E-state index contributed by atoms with van der Waals surface area (Å²) < 4.78 is 117. The van der Waals surface area contributed by atoms with E-state index in [1.54, 1.807) is 30.5 Å². The van der Waals surface area contributed by atoms with Gasteiger partial charge in [-0.15, -0.1) is 0 Å². The number of hydrogen-bond acceptors (Lipinski definition) is 13. The molecule has 21 heteroatoms. The standard InChI is InChI=1S/C48H53ClF3N7O8S2/c1-46(2)15-13-39(38(23-46)30-7-9-32(49)10-8-30)47(3)29-53-17-18-59(47)41-6-4-5-37(43(41)67-34-21-31-14-16-54-44(31)56-24-34)45(60)57-69(63,64)36-11-12-40(42(22-36)68(61,62)48(50,51)52)55-25-35-26-58(19-20-66-35)33-27-65-28-33/h4-12,14,16,21-22,24,33,35,53,55H,13,15,17-20,23,25-29H2,1-3H3,(H,54,56)(H,57,60). The number of para-hydroxylation sites is 1. The van der Waals surface area contributed by atoms with Crippen molar-refractivity contribution in [3.8, 4) is 11.5 Å². The third-order valence-corrected chi connectivity index (χ3v) is 16.6. The number of aromatic amines is 1. The minimum absolute atomic E-state index is 0.00435. The number of fused-ring (bicyclic) bond motifs is 1. The minimum Gasteiger partial charge on any atom is -0.453 e. The molecule has 2 unspecified atom stereocenters. The van der Waals surface area contributed by atoms with Crippen molar-refractivity contribution in [2.45, 2.75) is 73.0 Å². The fourth-order valence-electron chi connectivity index (χ4n) is 9.70. The number of allylic oxidation sites excluding steroid dienone is 1. The molecule has 3 fully saturated rings. The van der Waals surface area contributed by atoms with Gasteiger partial charge in [0.2, 0.25) is 0 Å². The molecule has 1 aliphatic carbocycles. The second-order valence-electron chi connectivity index (χ2n) is 18.9. The second kappa shape index (κ2) is 18.8. The van der Waals surface area contributed by atoms with Crippen LogP contribution in [0.5, 0.6) is 11.5 Å². The van der Waals surface area contributed by atoms with E-state index in [4.69, 9.17) is 25.8 Å². The predicted molar refractivity (Wildman–Crippen MR) is 256 cm³/mol. The van der Waals surface area contributed by atoms with Crippen LogP contribution in [0.3, 0.4) is 0 Å². The lowest BCUT2D eigenvalue weighted by Gasteiger charge is -2.51. The second-order valence-corrected chi connectivity index (χ2v) is 22.9. The number of H-pyrrole nitrogens is 1. The number of alkyl halides is 3. The topological polar surface area (TPSA) is 184 Å². The van der Waals surface area contributed by atoms with Crippen molar-refractivity contribution in [2.24, 2.45) is 5.41 Å². The number of piperazine rings is 1. The van der Waals surface area contributed by atoms with Crippen LogP contribution in [0, 0.1) is 5.41 Å². The number of halogens is 4. The number of nitrogens with zero attached hydrogens (tertiary/aromatic N) is 3. The van der Waals surface area contributed by atoms with Gasteiger partial charge in [-0.2, -0.15) is 13.2 Å². The molecule has 1 amide bonds. The van der Waals surface area contributed by atoms with Crippen LogP contribution < -0.4 is 25.0 Å². The summed E-state index contributed by atoms with van der Waals surface area (Å²) >= 11 is 6.35. The number of aromatic nitrogens is 2. The number of sulfonamides is 1. The van der Waals surface area contributed by atoms with Crippen LogP contribution in [0.15, 0.2) is 101 Å². The van der Waals surface area contributed by atoms with Gasteiger partial charge in [0, 0.05) is 55.9 Å². The summed E-state index contributed by atoms with van der Waals surface area (Å²) in [4.78, 5) is 24.1. The summed E-state index contributed by atoms with van der Waals surface area (Å²) in [5, 5.41) is 7.63. The summed E-state index contributed by atoms with van der Waals surface area (Å²) in [5.74, 6) is -0.955. The molecule has 368 valence electrons. The van der Waals surface area contributed by atoms with E-state index in [-0.39, 0.29) is 35.1 Å².